The van der Waals surface area contributed by atoms with E-state index in [0.717, 1.165) is 0 Å². The molecule has 1 unspecified atom stereocenters. The lowest BCUT2D eigenvalue weighted by Crippen LogP contribution is -2.53. The molecule has 0 aromatic heterocycles. The Balaban J connectivity index is 4.57. The van der Waals surface area contributed by atoms with Crippen LogP contribution in [0.1, 0.15) is 66.7 Å². The van der Waals surface area contributed by atoms with Gasteiger partial charge in [0.25, 0.3) is 0 Å². The Labute approximate surface area is 178 Å². The molecule has 0 aromatic rings. The minimum Gasteiger partial charge on any atom is -0.481 e. The van der Waals surface area contributed by atoms with Gasteiger partial charge in [0.15, 0.2) is 0 Å². The van der Waals surface area contributed by atoms with Gasteiger partial charge in [0, 0.05) is 19.5 Å². The molecule has 0 saturated heterocycles. The van der Waals surface area contributed by atoms with Crippen molar-refractivity contribution < 1.29 is 29.0 Å². The number of nitrogens with two attached hydrogens (primary N) is 1. The molecule has 0 rings (SSSR count). The third-order valence-electron chi connectivity index (χ3n) is 4.11. The zero-order valence-electron chi connectivity index (χ0n) is 18.7. The summed E-state index contributed by atoms with van der Waals surface area (Å²) in [4.78, 5) is 46.9. The van der Waals surface area contributed by atoms with Gasteiger partial charge in [-0.05, 0) is 52.4 Å². The normalized spacial score (nSPS) is 13.3. The first kappa shape index (κ1) is 27.6. The SMILES string of the molecule is CC(C)[C@H](N)C(=O)NC(CCCCNC(=O)OC(C)(C)C)C(=O)NCCCC(=O)O. The number of alkyl carbamates (subject to hydrolysis) is 1. The molecule has 2 atom stereocenters. The Hall–Kier alpha value is -2.36. The van der Waals surface area contributed by atoms with Crippen LogP contribution in [-0.4, -0.2) is 59.8 Å². The fourth-order valence-corrected chi connectivity index (χ4v) is 2.39. The molecule has 0 spiro atoms. The molecule has 0 aliphatic rings. The molecular formula is C20H38N4O6. The number of hydrogen-bond acceptors (Lipinski definition) is 6. The Morgan fingerprint density at radius 2 is 1.57 bits per heavy atom. The van der Waals surface area contributed by atoms with Gasteiger partial charge in [0.05, 0.1) is 6.04 Å². The van der Waals surface area contributed by atoms with Crippen LogP contribution < -0.4 is 21.7 Å². The minimum absolute atomic E-state index is 0.0497. The van der Waals surface area contributed by atoms with Crippen LogP contribution in [0.15, 0.2) is 0 Å². The zero-order chi connectivity index (χ0) is 23.3. The first-order valence-electron chi connectivity index (χ1n) is 10.4. The molecular weight excluding hydrogens is 392 g/mol. The Bertz CT molecular complexity index is 574. The molecule has 30 heavy (non-hydrogen) atoms. The molecule has 10 nitrogen and oxygen atoms in total. The van der Waals surface area contributed by atoms with E-state index < -0.39 is 35.7 Å². The number of carbonyl (C=O) groups excluding carboxylic acids is 3. The highest BCUT2D eigenvalue weighted by Crippen LogP contribution is 2.07. The molecule has 0 radical (unpaired) electrons. The van der Waals surface area contributed by atoms with Crippen LogP contribution in [0, 0.1) is 5.92 Å². The average Bonchev–Trinajstić information content (AvgIpc) is 2.61. The smallest absolute Gasteiger partial charge is 0.407 e. The summed E-state index contributed by atoms with van der Waals surface area (Å²) < 4.78 is 5.15. The highest BCUT2D eigenvalue weighted by molar-refractivity contribution is 5.89. The Morgan fingerprint density at radius 1 is 0.967 bits per heavy atom. The van der Waals surface area contributed by atoms with Crippen molar-refractivity contribution in [1.82, 2.24) is 16.0 Å². The fraction of sp³-hybridized carbons (Fsp3) is 0.800. The topological polar surface area (TPSA) is 160 Å². The van der Waals surface area contributed by atoms with Crippen LogP contribution in [-0.2, 0) is 19.1 Å². The molecule has 0 aromatic carbocycles. The molecule has 174 valence electrons. The van der Waals surface area contributed by atoms with E-state index in [-0.39, 0.29) is 24.8 Å². The lowest BCUT2D eigenvalue weighted by Gasteiger charge is -2.22. The maximum atomic E-state index is 12.4. The van der Waals surface area contributed by atoms with Crippen LogP contribution in [0.2, 0.25) is 0 Å². The number of hydrogen-bond donors (Lipinski definition) is 5. The fourth-order valence-electron chi connectivity index (χ4n) is 2.39. The van der Waals surface area contributed by atoms with Gasteiger partial charge < -0.3 is 31.5 Å². The summed E-state index contributed by atoms with van der Waals surface area (Å²) in [5, 5.41) is 16.6. The third-order valence-corrected chi connectivity index (χ3v) is 4.11. The summed E-state index contributed by atoms with van der Waals surface area (Å²) in [6.07, 6.45) is 1.26. The Morgan fingerprint density at radius 3 is 2.10 bits per heavy atom. The van der Waals surface area contributed by atoms with Gasteiger partial charge in [-0.25, -0.2) is 4.79 Å². The first-order valence-corrected chi connectivity index (χ1v) is 10.4. The second-order valence-electron chi connectivity index (χ2n) is 8.54. The predicted octanol–water partition coefficient (Wildman–Crippen LogP) is 1.13. The number of amides is 3. The summed E-state index contributed by atoms with van der Waals surface area (Å²) in [5.41, 5.74) is 5.28. The monoisotopic (exact) mass is 430 g/mol. The van der Waals surface area contributed by atoms with E-state index in [2.05, 4.69) is 16.0 Å². The number of ether oxygens (including phenoxy) is 1. The minimum atomic E-state index is -0.936. The predicted molar refractivity (Wildman–Crippen MR) is 113 cm³/mol. The quantitative estimate of drug-likeness (QED) is 0.274. The third kappa shape index (κ3) is 13.8. The van der Waals surface area contributed by atoms with Crippen molar-refractivity contribution in [2.75, 3.05) is 13.1 Å². The maximum Gasteiger partial charge on any atom is 0.407 e. The number of nitrogens with one attached hydrogen (secondary N) is 3. The number of aliphatic carboxylic acids is 1. The number of carboxylic acid groups (broad SMARTS) is 1. The van der Waals surface area contributed by atoms with Gasteiger partial charge in [-0.2, -0.15) is 0 Å². The molecule has 0 saturated carbocycles. The largest absolute Gasteiger partial charge is 0.481 e. The summed E-state index contributed by atoms with van der Waals surface area (Å²) >= 11 is 0. The second kappa shape index (κ2) is 13.8. The number of rotatable bonds is 13. The van der Waals surface area contributed by atoms with Crippen molar-refractivity contribution in [3.05, 3.63) is 0 Å². The van der Waals surface area contributed by atoms with Gasteiger partial charge in [0.1, 0.15) is 11.6 Å². The van der Waals surface area contributed by atoms with E-state index in [1.807, 2.05) is 13.8 Å². The number of carboxylic acids is 1. The molecule has 0 aliphatic carbocycles. The molecule has 10 heteroatoms. The molecule has 0 heterocycles. The lowest BCUT2D eigenvalue weighted by atomic mass is 10.0. The average molecular weight is 431 g/mol. The van der Waals surface area contributed by atoms with Crippen LogP contribution in [0.25, 0.3) is 0 Å². The van der Waals surface area contributed by atoms with Crippen LogP contribution in [0.3, 0.4) is 0 Å². The van der Waals surface area contributed by atoms with E-state index in [9.17, 15) is 19.2 Å². The summed E-state index contributed by atoms with van der Waals surface area (Å²) in [7, 11) is 0. The van der Waals surface area contributed by atoms with Crippen molar-refractivity contribution in [2.24, 2.45) is 11.7 Å². The standard InChI is InChI=1S/C20H38N4O6/c1-13(2)16(21)18(28)24-14(17(27)22-12-8-10-15(25)26)9-6-7-11-23-19(29)30-20(3,4)5/h13-14,16H,6-12,21H2,1-5H3,(H,22,27)(H,23,29)(H,24,28)(H,25,26)/t14?,16-/m0/s1. The molecule has 3 amide bonds. The molecule has 0 fully saturated rings. The van der Waals surface area contributed by atoms with Crippen molar-refractivity contribution in [3.63, 3.8) is 0 Å². The van der Waals surface area contributed by atoms with E-state index in [1.165, 1.54) is 0 Å². The van der Waals surface area contributed by atoms with Crippen molar-refractivity contribution in [2.45, 2.75) is 84.4 Å². The zero-order valence-corrected chi connectivity index (χ0v) is 18.7. The highest BCUT2D eigenvalue weighted by Gasteiger charge is 2.25. The van der Waals surface area contributed by atoms with E-state index in [1.54, 1.807) is 20.8 Å². The van der Waals surface area contributed by atoms with E-state index in [0.29, 0.717) is 32.2 Å². The van der Waals surface area contributed by atoms with Gasteiger partial charge in [-0.3, -0.25) is 14.4 Å². The van der Waals surface area contributed by atoms with Gasteiger partial charge in [-0.1, -0.05) is 13.8 Å². The van der Waals surface area contributed by atoms with Crippen LogP contribution in [0.4, 0.5) is 4.79 Å². The van der Waals surface area contributed by atoms with Gasteiger partial charge in [0.2, 0.25) is 11.8 Å². The number of carbonyl (C=O) groups is 4. The van der Waals surface area contributed by atoms with E-state index in [4.69, 9.17) is 15.6 Å². The first-order chi connectivity index (χ1) is 13.8. The maximum absolute atomic E-state index is 12.4. The summed E-state index contributed by atoms with van der Waals surface area (Å²) in [6.45, 7) is 9.53. The molecule has 0 bridgehead atoms. The molecule has 6 N–H and O–H groups in total. The van der Waals surface area contributed by atoms with Crippen LogP contribution >= 0.6 is 0 Å². The lowest BCUT2D eigenvalue weighted by molar-refractivity contribution is -0.137. The second-order valence-corrected chi connectivity index (χ2v) is 8.54. The van der Waals surface area contributed by atoms with Crippen molar-refractivity contribution in [3.8, 4) is 0 Å². The highest BCUT2D eigenvalue weighted by atomic mass is 16.6. The van der Waals surface area contributed by atoms with Gasteiger partial charge >= 0.3 is 12.1 Å². The van der Waals surface area contributed by atoms with Crippen molar-refractivity contribution >= 4 is 23.9 Å². The Kier molecular flexibility index (Phi) is 12.7. The van der Waals surface area contributed by atoms with Gasteiger partial charge in [-0.15, -0.1) is 0 Å². The number of unbranched alkanes of at least 4 members (excludes halogenated alkanes) is 1. The van der Waals surface area contributed by atoms with E-state index >= 15 is 0 Å². The summed E-state index contributed by atoms with van der Waals surface area (Å²) in [5.74, 6) is -1.82. The molecule has 0 aliphatic heterocycles. The van der Waals surface area contributed by atoms with Crippen molar-refractivity contribution in [1.29, 1.82) is 0 Å². The van der Waals surface area contributed by atoms with Crippen LogP contribution in [0.5, 0.6) is 0 Å². The summed E-state index contributed by atoms with van der Waals surface area (Å²) in [6, 6.07) is -1.52.